The molecule has 0 saturated carbocycles. The summed E-state index contributed by atoms with van der Waals surface area (Å²) in [6.07, 6.45) is 1.13. The van der Waals surface area contributed by atoms with Crippen molar-refractivity contribution in [2.24, 2.45) is 0 Å². The summed E-state index contributed by atoms with van der Waals surface area (Å²) in [7, 11) is 0. The van der Waals surface area contributed by atoms with E-state index in [0.717, 1.165) is 51.6 Å². The Balaban J connectivity index is 1.69. The summed E-state index contributed by atoms with van der Waals surface area (Å²) >= 11 is 0. The number of nitrogens with zero attached hydrogens (tertiary/aromatic N) is 1. The Kier molecular flexibility index (Phi) is 4.83. The molecule has 0 amide bonds. The molecule has 1 aliphatic rings. The van der Waals surface area contributed by atoms with Gasteiger partial charge in [0.25, 0.3) is 0 Å². The maximum atomic E-state index is 5.72. The van der Waals surface area contributed by atoms with Crippen molar-refractivity contribution < 1.29 is 9.47 Å². The van der Waals surface area contributed by atoms with Gasteiger partial charge < -0.3 is 9.47 Å². The van der Waals surface area contributed by atoms with Crippen LogP contribution in [0.5, 0.6) is 5.75 Å². The zero-order chi connectivity index (χ0) is 11.9. The first-order valence-electron chi connectivity index (χ1n) is 6.34. The summed E-state index contributed by atoms with van der Waals surface area (Å²) in [5.41, 5.74) is 1.27. The van der Waals surface area contributed by atoms with E-state index in [-0.39, 0.29) is 0 Å². The molecule has 17 heavy (non-hydrogen) atoms. The van der Waals surface area contributed by atoms with E-state index >= 15 is 0 Å². The van der Waals surface area contributed by atoms with Crippen LogP contribution in [0.4, 0.5) is 0 Å². The number of hydrogen-bond donors (Lipinski definition) is 0. The average Bonchev–Trinajstić information content (AvgIpc) is 2.60. The first kappa shape index (κ1) is 12.4. The summed E-state index contributed by atoms with van der Waals surface area (Å²) in [5, 5.41) is 0. The lowest BCUT2D eigenvalue weighted by Crippen LogP contribution is -2.30. The molecular formula is C14H21NO2. The number of rotatable bonds is 4. The van der Waals surface area contributed by atoms with Crippen LogP contribution in [0.1, 0.15) is 12.0 Å². The third-order valence-electron chi connectivity index (χ3n) is 3.01. The van der Waals surface area contributed by atoms with Crippen molar-refractivity contribution in [2.75, 3.05) is 39.5 Å². The standard InChI is InChI=1S/C14H21NO2/c1-13-3-5-14(6-4-13)17-12-9-15-7-2-10-16-11-8-15/h3-6H,2,7-12H2,1H3. The molecular weight excluding hydrogens is 214 g/mol. The molecule has 2 rings (SSSR count). The van der Waals surface area contributed by atoms with Crippen LogP contribution in [0.15, 0.2) is 24.3 Å². The third kappa shape index (κ3) is 4.36. The minimum atomic E-state index is 0.753. The summed E-state index contributed by atoms with van der Waals surface area (Å²) in [5.74, 6) is 0.960. The fourth-order valence-electron chi connectivity index (χ4n) is 1.95. The van der Waals surface area contributed by atoms with E-state index in [0.29, 0.717) is 0 Å². The SMILES string of the molecule is Cc1ccc(OCCN2CCCOCC2)cc1. The average molecular weight is 235 g/mol. The lowest BCUT2D eigenvalue weighted by atomic mass is 10.2. The third-order valence-corrected chi connectivity index (χ3v) is 3.01. The van der Waals surface area contributed by atoms with E-state index in [2.05, 4.69) is 24.0 Å². The van der Waals surface area contributed by atoms with Gasteiger partial charge >= 0.3 is 0 Å². The highest BCUT2D eigenvalue weighted by atomic mass is 16.5. The summed E-state index contributed by atoms with van der Waals surface area (Å²) in [6.45, 7) is 7.72. The highest BCUT2D eigenvalue weighted by Gasteiger charge is 2.08. The largest absolute Gasteiger partial charge is 0.492 e. The lowest BCUT2D eigenvalue weighted by Gasteiger charge is -2.19. The van der Waals surface area contributed by atoms with Crippen LogP contribution in [0, 0.1) is 6.92 Å². The molecule has 0 aliphatic carbocycles. The molecule has 1 heterocycles. The fraction of sp³-hybridized carbons (Fsp3) is 0.571. The Hall–Kier alpha value is -1.06. The van der Waals surface area contributed by atoms with E-state index in [1.807, 2.05) is 12.1 Å². The number of ether oxygens (including phenoxy) is 2. The zero-order valence-corrected chi connectivity index (χ0v) is 10.5. The first-order chi connectivity index (χ1) is 8.34. The molecule has 0 spiro atoms. The Bertz CT molecular complexity index is 315. The second kappa shape index (κ2) is 6.62. The van der Waals surface area contributed by atoms with Crippen LogP contribution in [-0.2, 0) is 4.74 Å². The summed E-state index contributed by atoms with van der Waals surface area (Å²) in [6, 6.07) is 8.21. The Morgan fingerprint density at radius 2 is 2.00 bits per heavy atom. The van der Waals surface area contributed by atoms with Crippen molar-refractivity contribution in [2.45, 2.75) is 13.3 Å². The van der Waals surface area contributed by atoms with E-state index in [1.54, 1.807) is 0 Å². The Morgan fingerprint density at radius 1 is 1.18 bits per heavy atom. The highest BCUT2D eigenvalue weighted by Crippen LogP contribution is 2.11. The molecule has 1 aromatic carbocycles. The van der Waals surface area contributed by atoms with Crippen LogP contribution >= 0.6 is 0 Å². The van der Waals surface area contributed by atoms with Gasteiger partial charge in [-0.2, -0.15) is 0 Å². The van der Waals surface area contributed by atoms with Gasteiger partial charge in [0, 0.05) is 26.2 Å². The van der Waals surface area contributed by atoms with Crippen LogP contribution in [-0.4, -0.2) is 44.4 Å². The van der Waals surface area contributed by atoms with Gasteiger partial charge in [0.05, 0.1) is 6.61 Å². The zero-order valence-electron chi connectivity index (χ0n) is 10.5. The number of aryl methyl sites for hydroxylation is 1. The molecule has 3 nitrogen and oxygen atoms in total. The lowest BCUT2D eigenvalue weighted by molar-refractivity contribution is 0.137. The molecule has 94 valence electrons. The van der Waals surface area contributed by atoms with Gasteiger partial charge in [0.2, 0.25) is 0 Å². The molecule has 1 aromatic rings. The van der Waals surface area contributed by atoms with Crippen LogP contribution < -0.4 is 4.74 Å². The van der Waals surface area contributed by atoms with Gasteiger partial charge in [-0.25, -0.2) is 0 Å². The maximum Gasteiger partial charge on any atom is 0.119 e. The molecule has 0 atom stereocenters. The van der Waals surface area contributed by atoms with Crippen LogP contribution in [0.2, 0.25) is 0 Å². The molecule has 0 unspecified atom stereocenters. The van der Waals surface area contributed by atoms with Gasteiger partial charge in [-0.3, -0.25) is 4.90 Å². The van der Waals surface area contributed by atoms with Gasteiger partial charge in [-0.15, -0.1) is 0 Å². The predicted octanol–water partition coefficient (Wildman–Crippen LogP) is 2.10. The molecule has 3 heteroatoms. The minimum Gasteiger partial charge on any atom is -0.492 e. The van der Waals surface area contributed by atoms with Crippen molar-refractivity contribution in [3.63, 3.8) is 0 Å². The second-order valence-corrected chi connectivity index (χ2v) is 4.47. The second-order valence-electron chi connectivity index (χ2n) is 4.47. The van der Waals surface area contributed by atoms with Gasteiger partial charge in [-0.1, -0.05) is 17.7 Å². The van der Waals surface area contributed by atoms with Crippen LogP contribution in [0.25, 0.3) is 0 Å². The van der Waals surface area contributed by atoms with E-state index in [4.69, 9.17) is 9.47 Å². The van der Waals surface area contributed by atoms with Crippen molar-refractivity contribution >= 4 is 0 Å². The summed E-state index contributed by atoms with van der Waals surface area (Å²) in [4.78, 5) is 2.40. The first-order valence-corrected chi connectivity index (χ1v) is 6.34. The van der Waals surface area contributed by atoms with Crippen LogP contribution in [0.3, 0.4) is 0 Å². The smallest absolute Gasteiger partial charge is 0.119 e. The normalized spacial score (nSPS) is 17.7. The molecule has 0 bridgehead atoms. The maximum absolute atomic E-state index is 5.72. The van der Waals surface area contributed by atoms with Gasteiger partial charge in [-0.05, 0) is 25.5 Å². The fourth-order valence-corrected chi connectivity index (χ4v) is 1.95. The Morgan fingerprint density at radius 3 is 2.82 bits per heavy atom. The molecule has 0 radical (unpaired) electrons. The molecule has 1 saturated heterocycles. The van der Waals surface area contributed by atoms with Crippen molar-refractivity contribution in [1.82, 2.24) is 4.90 Å². The van der Waals surface area contributed by atoms with E-state index in [1.165, 1.54) is 5.56 Å². The van der Waals surface area contributed by atoms with E-state index in [9.17, 15) is 0 Å². The monoisotopic (exact) mass is 235 g/mol. The van der Waals surface area contributed by atoms with Crippen molar-refractivity contribution in [3.05, 3.63) is 29.8 Å². The molecule has 1 fully saturated rings. The van der Waals surface area contributed by atoms with Crippen molar-refractivity contribution in [3.8, 4) is 5.75 Å². The molecule has 1 aliphatic heterocycles. The molecule has 0 N–H and O–H groups in total. The minimum absolute atomic E-state index is 0.753. The number of hydrogen-bond acceptors (Lipinski definition) is 3. The quantitative estimate of drug-likeness (QED) is 0.797. The summed E-state index contributed by atoms with van der Waals surface area (Å²) < 4.78 is 11.1. The van der Waals surface area contributed by atoms with Gasteiger partial charge in [0.15, 0.2) is 0 Å². The predicted molar refractivity (Wildman–Crippen MR) is 68.6 cm³/mol. The van der Waals surface area contributed by atoms with Crippen molar-refractivity contribution in [1.29, 1.82) is 0 Å². The highest BCUT2D eigenvalue weighted by molar-refractivity contribution is 5.26. The number of benzene rings is 1. The van der Waals surface area contributed by atoms with E-state index < -0.39 is 0 Å². The molecule has 0 aromatic heterocycles. The topological polar surface area (TPSA) is 21.7 Å². The van der Waals surface area contributed by atoms with Gasteiger partial charge in [0.1, 0.15) is 12.4 Å². The Labute approximate surface area is 103 Å².